The molecule has 0 aliphatic heterocycles. The molecule has 1 aromatic rings. The zero-order valence-corrected chi connectivity index (χ0v) is 12.3. The second-order valence-corrected chi connectivity index (χ2v) is 5.16. The van der Waals surface area contributed by atoms with Gasteiger partial charge >= 0.3 is 6.18 Å². The van der Waals surface area contributed by atoms with Gasteiger partial charge < -0.3 is 9.73 Å². The van der Waals surface area contributed by atoms with Crippen LogP contribution in [0.5, 0.6) is 0 Å². The van der Waals surface area contributed by atoms with Crippen molar-refractivity contribution in [2.75, 3.05) is 13.1 Å². The molecule has 6 heteroatoms. The summed E-state index contributed by atoms with van der Waals surface area (Å²) in [6.07, 6.45) is -3.16. The van der Waals surface area contributed by atoms with E-state index in [1.165, 1.54) is 4.90 Å². The van der Waals surface area contributed by atoms with Crippen molar-refractivity contribution >= 4 is 0 Å². The first-order valence-electron chi connectivity index (χ1n) is 6.91. The van der Waals surface area contributed by atoms with Crippen LogP contribution in [0.1, 0.15) is 38.7 Å². The first-order valence-corrected chi connectivity index (χ1v) is 6.91. The predicted octanol–water partition coefficient (Wildman–Crippen LogP) is 3.55. The molecule has 0 radical (unpaired) electrons. The summed E-state index contributed by atoms with van der Waals surface area (Å²) in [5.41, 5.74) is 0. The minimum Gasteiger partial charge on any atom is -0.463 e. The number of halogens is 3. The Morgan fingerprint density at radius 2 is 1.90 bits per heavy atom. The van der Waals surface area contributed by atoms with Crippen LogP contribution in [0.3, 0.4) is 0 Å². The van der Waals surface area contributed by atoms with Gasteiger partial charge in [0, 0.05) is 6.04 Å². The van der Waals surface area contributed by atoms with Crippen LogP contribution in [0.4, 0.5) is 13.2 Å². The molecular weight excluding hydrogens is 269 g/mol. The molecule has 1 N–H and O–H groups in total. The van der Waals surface area contributed by atoms with E-state index in [1.54, 1.807) is 19.9 Å². The average Bonchev–Trinajstić information content (AvgIpc) is 2.74. The summed E-state index contributed by atoms with van der Waals surface area (Å²) in [6.45, 7) is 6.31. The summed E-state index contributed by atoms with van der Waals surface area (Å²) in [6, 6.07) is 3.36. The maximum Gasteiger partial charge on any atom is 0.401 e. The lowest BCUT2D eigenvalue weighted by molar-refractivity contribution is -0.151. The van der Waals surface area contributed by atoms with Gasteiger partial charge in [0.25, 0.3) is 0 Å². The maximum atomic E-state index is 12.5. The molecule has 0 amide bonds. The highest BCUT2D eigenvalue weighted by Crippen LogP contribution is 2.20. The number of alkyl halides is 3. The summed E-state index contributed by atoms with van der Waals surface area (Å²) < 4.78 is 43.0. The van der Waals surface area contributed by atoms with E-state index in [-0.39, 0.29) is 12.6 Å². The lowest BCUT2D eigenvalue weighted by Gasteiger charge is -2.26. The second kappa shape index (κ2) is 7.69. The fourth-order valence-corrected chi connectivity index (χ4v) is 1.84. The van der Waals surface area contributed by atoms with E-state index in [0.29, 0.717) is 12.3 Å². The molecule has 0 atom stereocenters. The van der Waals surface area contributed by atoms with Gasteiger partial charge in [-0.2, -0.15) is 13.2 Å². The Labute approximate surface area is 118 Å². The normalized spacial score (nSPS) is 12.6. The van der Waals surface area contributed by atoms with Gasteiger partial charge in [-0.15, -0.1) is 0 Å². The number of nitrogens with one attached hydrogen (secondary N) is 1. The van der Waals surface area contributed by atoms with E-state index < -0.39 is 12.7 Å². The molecule has 0 saturated heterocycles. The second-order valence-electron chi connectivity index (χ2n) is 5.16. The fourth-order valence-electron chi connectivity index (χ4n) is 1.84. The van der Waals surface area contributed by atoms with Gasteiger partial charge in [-0.1, -0.05) is 6.92 Å². The van der Waals surface area contributed by atoms with Crippen LogP contribution in [-0.2, 0) is 13.1 Å². The summed E-state index contributed by atoms with van der Waals surface area (Å²) in [5, 5.41) is 3.19. The van der Waals surface area contributed by atoms with Crippen LogP contribution in [0, 0.1) is 0 Å². The largest absolute Gasteiger partial charge is 0.463 e. The SMILES string of the molecule is CCCNCc1ccc(CN(CC(F)(F)F)C(C)C)o1. The topological polar surface area (TPSA) is 28.4 Å². The van der Waals surface area contributed by atoms with Crippen molar-refractivity contribution in [3.8, 4) is 0 Å². The molecule has 0 fully saturated rings. The standard InChI is InChI=1S/C14H23F3N2O/c1-4-7-18-8-12-5-6-13(20-12)9-19(11(2)3)10-14(15,16)17/h5-6,11,18H,4,7-10H2,1-3H3. The van der Waals surface area contributed by atoms with E-state index >= 15 is 0 Å². The third kappa shape index (κ3) is 6.43. The quantitative estimate of drug-likeness (QED) is 0.743. The van der Waals surface area contributed by atoms with E-state index in [9.17, 15) is 13.2 Å². The summed E-state index contributed by atoms with van der Waals surface area (Å²) in [5.74, 6) is 1.32. The van der Waals surface area contributed by atoms with Gasteiger partial charge in [-0.25, -0.2) is 0 Å². The van der Waals surface area contributed by atoms with Crippen molar-refractivity contribution < 1.29 is 17.6 Å². The molecule has 0 spiro atoms. The van der Waals surface area contributed by atoms with Crippen LogP contribution in [0.15, 0.2) is 16.5 Å². The molecule has 20 heavy (non-hydrogen) atoms. The van der Waals surface area contributed by atoms with Crippen molar-refractivity contribution in [2.45, 2.75) is 52.5 Å². The molecular formula is C14H23F3N2O. The lowest BCUT2D eigenvalue weighted by Crippen LogP contribution is -2.38. The number of nitrogens with zero attached hydrogens (tertiary/aromatic N) is 1. The molecule has 3 nitrogen and oxygen atoms in total. The highest BCUT2D eigenvalue weighted by molar-refractivity contribution is 5.07. The Morgan fingerprint density at radius 1 is 1.25 bits per heavy atom. The van der Waals surface area contributed by atoms with Crippen LogP contribution in [-0.4, -0.2) is 30.2 Å². The fraction of sp³-hybridized carbons (Fsp3) is 0.714. The Kier molecular flexibility index (Phi) is 6.55. The van der Waals surface area contributed by atoms with Crippen LogP contribution in [0.25, 0.3) is 0 Å². The van der Waals surface area contributed by atoms with Gasteiger partial charge in [0.05, 0.1) is 19.6 Å². The third-order valence-corrected chi connectivity index (χ3v) is 2.91. The molecule has 0 aliphatic carbocycles. The van der Waals surface area contributed by atoms with Crippen molar-refractivity contribution in [3.05, 3.63) is 23.7 Å². The number of rotatable bonds is 8. The van der Waals surface area contributed by atoms with Crippen LogP contribution < -0.4 is 5.32 Å². The molecule has 1 aromatic heterocycles. The smallest absolute Gasteiger partial charge is 0.401 e. The van der Waals surface area contributed by atoms with Crippen molar-refractivity contribution in [2.24, 2.45) is 0 Å². The van der Waals surface area contributed by atoms with Gasteiger partial charge in [0.1, 0.15) is 11.5 Å². The highest BCUT2D eigenvalue weighted by atomic mass is 19.4. The number of furan rings is 1. The molecule has 0 unspecified atom stereocenters. The van der Waals surface area contributed by atoms with E-state index in [1.807, 2.05) is 6.07 Å². The first-order chi connectivity index (χ1) is 9.31. The van der Waals surface area contributed by atoms with Gasteiger partial charge in [0.15, 0.2) is 0 Å². The Morgan fingerprint density at radius 3 is 2.45 bits per heavy atom. The third-order valence-electron chi connectivity index (χ3n) is 2.91. The maximum absolute atomic E-state index is 12.5. The highest BCUT2D eigenvalue weighted by Gasteiger charge is 2.32. The van der Waals surface area contributed by atoms with Gasteiger partial charge in [-0.3, -0.25) is 4.90 Å². The average molecular weight is 292 g/mol. The van der Waals surface area contributed by atoms with Crippen molar-refractivity contribution in [1.82, 2.24) is 10.2 Å². The van der Waals surface area contributed by atoms with E-state index in [4.69, 9.17) is 4.42 Å². The molecule has 0 aliphatic rings. The summed E-state index contributed by atoms with van der Waals surface area (Å²) in [4.78, 5) is 1.35. The van der Waals surface area contributed by atoms with E-state index in [0.717, 1.165) is 18.7 Å². The zero-order valence-electron chi connectivity index (χ0n) is 12.3. The molecule has 0 bridgehead atoms. The first kappa shape index (κ1) is 17.0. The molecule has 0 saturated carbocycles. The van der Waals surface area contributed by atoms with E-state index in [2.05, 4.69) is 12.2 Å². The van der Waals surface area contributed by atoms with Gasteiger partial charge in [0.2, 0.25) is 0 Å². The predicted molar refractivity (Wildman–Crippen MR) is 72.3 cm³/mol. The van der Waals surface area contributed by atoms with Crippen molar-refractivity contribution in [1.29, 1.82) is 0 Å². The summed E-state index contributed by atoms with van der Waals surface area (Å²) in [7, 11) is 0. The molecule has 1 heterocycles. The Bertz CT molecular complexity index is 388. The molecule has 116 valence electrons. The summed E-state index contributed by atoms with van der Waals surface area (Å²) >= 11 is 0. The minimum absolute atomic E-state index is 0.172. The number of hydrogen-bond acceptors (Lipinski definition) is 3. The Hall–Kier alpha value is -1.01. The molecule has 0 aromatic carbocycles. The van der Waals surface area contributed by atoms with Crippen LogP contribution in [0.2, 0.25) is 0 Å². The monoisotopic (exact) mass is 292 g/mol. The molecule has 1 rings (SSSR count). The number of hydrogen-bond donors (Lipinski definition) is 1. The lowest BCUT2D eigenvalue weighted by atomic mass is 10.3. The zero-order chi connectivity index (χ0) is 15.2. The van der Waals surface area contributed by atoms with Crippen LogP contribution >= 0.6 is 0 Å². The minimum atomic E-state index is -4.19. The van der Waals surface area contributed by atoms with Gasteiger partial charge in [-0.05, 0) is 38.9 Å². The van der Waals surface area contributed by atoms with Crippen molar-refractivity contribution in [3.63, 3.8) is 0 Å². The Balaban J connectivity index is 2.56.